The van der Waals surface area contributed by atoms with Gasteiger partial charge in [-0.3, -0.25) is 0 Å². The summed E-state index contributed by atoms with van der Waals surface area (Å²) in [5.74, 6) is 0.137. The molecule has 0 heterocycles. The maximum Gasteiger partial charge on any atom is 0.419 e. The number of amides is 1. The second kappa shape index (κ2) is 11.4. The van der Waals surface area contributed by atoms with Gasteiger partial charge in [0.15, 0.2) is 0 Å². The van der Waals surface area contributed by atoms with E-state index in [-0.39, 0.29) is 18.4 Å². The Balaban J connectivity index is 1.65. The van der Waals surface area contributed by atoms with Crippen LogP contribution in [0.5, 0.6) is 5.75 Å². The standard InChI is InChI=1S/C24H29NO6/c1-29-22-13-6-5-12-21(22)25(20-10-3-2-4-11-20)24(28)31-16-19-9-7-8-18(14-19)15-30-17-23(26)27/h2-6,10-13,18-19H,7-9,14-17H2,1H3,(H,26,27). The molecule has 0 bridgehead atoms. The second-order valence-corrected chi connectivity index (χ2v) is 7.73. The minimum absolute atomic E-state index is 0.228. The number of carbonyl (C=O) groups excluding carboxylic acids is 1. The highest BCUT2D eigenvalue weighted by Gasteiger charge is 2.27. The molecule has 1 aliphatic rings. The number of aliphatic carboxylic acids is 1. The molecule has 1 saturated carbocycles. The predicted molar refractivity (Wildman–Crippen MR) is 117 cm³/mol. The SMILES string of the molecule is COc1ccccc1N(C(=O)OCC1CCCC(COCC(=O)O)C1)c1ccccc1. The van der Waals surface area contributed by atoms with Gasteiger partial charge in [0.1, 0.15) is 12.4 Å². The smallest absolute Gasteiger partial charge is 0.419 e. The number of ether oxygens (including phenoxy) is 3. The summed E-state index contributed by atoms with van der Waals surface area (Å²) >= 11 is 0. The first-order chi connectivity index (χ1) is 15.1. The second-order valence-electron chi connectivity index (χ2n) is 7.73. The van der Waals surface area contributed by atoms with Crippen LogP contribution in [0.3, 0.4) is 0 Å². The molecule has 0 radical (unpaired) electrons. The highest BCUT2D eigenvalue weighted by atomic mass is 16.6. The van der Waals surface area contributed by atoms with Gasteiger partial charge >= 0.3 is 12.1 Å². The van der Waals surface area contributed by atoms with Crippen LogP contribution in [0.15, 0.2) is 54.6 Å². The third kappa shape index (κ3) is 6.46. The van der Waals surface area contributed by atoms with Crippen LogP contribution < -0.4 is 9.64 Å². The molecule has 1 aliphatic carbocycles. The molecule has 1 N–H and O–H groups in total. The number of benzene rings is 2. The van der Waals surface area contributed by atoms with Crippen molar-refractivity contribution in [2.45, 2.75) is 25.7 Å². The number of carboxylic acid groups (broad SMARTS) is 1. The first-order valence-corrected chi connectivity index (χ1v) is 10.5. The molecule has 1 fully saturated rings. The molecule has 0 aromatic heterocycles. The van der Waals surface area contributed by atoms with E-state index in [0.29, 0.717) is 30.3 Å². The summed E-state index contributed by atoms with van der Waals surface area (Å²) in [7, 11) is 1.57. The van der Waals surface area contributed by atoms with Crippen molar-refractivity contribution >= 4 is 23.4 Å². The average Bonchev–Trinajstić information content (AvgIpc) is 2.79. The van der Waals surface area contributed by atoms with Crippen molar-refractivity contribution < 1.29 is 28.9 Å². The number of methoxy groups -OCH3 is 1. The van der Waals surface area contributed by atoms with Gasteiger partial charge in [-0.2, -0.15) is 0 Å². The third-order valence-electron chi connectivity index (χ3n) is 5.44. The maximum atomic E-state index is 13.1. The fourth-order valence-corrected chi connectivity index (χ4v) is 4.01. The van der Waals surface area contributed by atoms with E-state index in [1.807, 2.05) is 48.5 Å². The summed E-state index contributed by atoms with van der Waals surface area (Å²) in [5, 5.41) is 8.72. The van der Waals surface area contributed by atoms with Gasteiger partial charge in [0.25, 0.3) is 0 Å². The van der Waals surface area contributed by atoms with Gasteiger partial charge in [-0.1, -0.05) is 36.8 Å². The predicted octanol–water partition coefficient (Wildman–Crippen LogP) is 4.88. The van der Waals surface area contributed by atoms with Crippen molar-refractivity contribution in [3.63, 3.8) is 0 Å². The van der Waals surface area contributed by atoms with Gasteiger partial charge in [0.2, 0.25) is 0 Å². The number of anilines is 2. The van der Waals surface area contributed by atoms with Gasteiger partial charge in [0, 0.05) is 0 Å². The quantitative estimate of drug-likeness (QED) is 0.614. The molecule has 0 aliphatic heterocycles. The number of nitrogens with zero attached hydrogens (tertiary/aromatic N) is 1. The van der Waals surface area contributed by atoms with Gasteiger partial charge in [-0.25, -0.2) is 14.5 Å². The van der Waals surface area contributed by atoms with Gasteiger partial charge in [-0.05, 0) is 55.4 Å². The molecular weight excluding hydrogens is 398 g/mol. The van der Waals surface area contributed by atoms with Crippen LogP contribution in [-0.4, -0.2) is 44.1 Å². The summed E-state index contributed by atoms with van der Waals surface area (Å²) < 4.78 is 16.5. The largest absolute Gasteiger partial charge is 0.495 e. The average molecular weight is 427 g/mol. The number of para-hydroxylation sites is 3. The molecule has 1 amide bonds. The Morgan fingerprint density at radius 3 is 2.39 bits per heavy atom. The number of hydrogen-bond donors (Lipinski definition) is 1. The topological polar surface area (TPSA) is 85.3 Å². The van der Waals surface area contributed by atoms with Crippen molar-refractivity contribution in [1.29, 1.82) is 0 Å². The van der Waals surface area contributed by atoms with E-state index in [0.717, 1.165) is 25.7 Å². The van der Waals surface area contributed by atoms with E-state index < -0.39 is 12.1 Å². The lowest BCUT2D eigenvalue weighted by atomic mass is 9.82. The van der Waals surface area contributed by atoms with Gasteiger partial charge in [-0.15, -0.1) is 0 Å². The molecule has 31 heavy (non-hydrogen) atoms. The monoisotopic (exact) mass is 427 g/mol. The summed E-state index contributed by atoms with van der Waals surface area (Å²) in [6, 6.07) is 16.7. The molecule has 7 nitrogen and oxygen atoms in total. The molecule has 0 spiro atoms. The van der Waals surface area contributed by atoms with Crippen molar-refractivity contribution in [1.82, 2.24) is 0 Å². The highest BCUT2D eigenvalue weighted by molar-refractivity contribution is 5.97. The fourth-order valence-electron chi connectivity index (χ4n) is 4.01. The Labute approximate surface area is 182 Å². The summed E-state index contributed by atoms with van der Waals surface area (Å²) in [6.45, 7) is 0.460. The first kappa shape index (κ1) is 22.6. The van der Waals surface area contributed by atoms with Crippen molar-refractivity contribution in [3.05, 3.63) is 54.6 Å². The van der Waals surface area contributed by atoms with E-state index in [9.17, 15) is 9.59 Å². The zero-order valence-corrected chi connectivity index (χ0v) is 17.7. The van der Waals surface area contributed by atoms with Crippen molar-refractivity contribution in [2.24, 2.45) is 11.8 Å². The number of rotatable bonds is 9. The maximum absolute atomic E-state index is 13.1. The summed E-state index contributed by atoms with van der Waals surface area (Å²) in [5.41, 5.74) is 1.31. The molecule has 0 saturated heterocycles. The number of carboxylic acids is 1. The van der Waals surface area contributed by atoms with Crippen LogP contribution in [0.1, 0.15) is 25.7 Å². The minimum atomic E-state index is -0.960. The zero-order chi connectivity index (χ0) is 22.1. The molecule has 3 rings (SSSR count). The molecule has 2 atom stereocenters. The van der Waals surface area contributed by atoms with Crippen LogP contribution in [0.2, 0.25) is 0 Å². The van der Waals surface area contributed by atoms with E-state index in [2.05, 4.69) is 0 Å². The van der Waals surface area contributed by atoms with Crippen LogP contribution in [0.25, 0.3) is 0 Å². The molecular formula is C24H29NO6. The summed E-state index contributed by atoms with van der Waals surface area (Å²) in [4.78, 5) is 25.3. The number of carbonyl (C=O) groups is 2. The Bertz CT molecular complexity index is 856. The molecule has 7 heteroatoms. The normalized spacial score (nSPS) is 18.2. The lowest BCUT2D eigenvalue weighted by Crippen LogP contribution is -2.30. The third-order valence-corrected chi connectivity index (χ3v) is 5.44. The Hall–Kier alpha value is -3.06. The van der Waals surface area contributed by atoms with E-state index in [1.54, 1.807) is 13.2 Å². The molecule has 2 aromatic rings. The first-order valence-electron chi connectivity index (χ1n) is 10.5. The zero-order valence-electron chi connectivity index (χ0n) is 17.7. The Morgan fingerprint density at radius 2 is 1.68 bits per heavy atom. The fraction of sp³-hybridized carbons (Fsp3) is 0.417. The van der Waals surface area contributed by atoms with Crippen LogP contribution in [0, 0.1) is 11.8 Å². The van der Waals surface area contributed by atoms with Crippen molar-refractivity contribution in [3.8, 4) is 5.75 Å². The Morgan fingerprint density at radius 1 is 1.00 bits per heavy atom. The minimum Gasteiger partial charge on any atom is -0.495 e. The van der Waals surface area contributed by atoms with Crippen LogP contribution >= 0.6 is 0 Å². The van der Waals surface area contributed by atoms with E-state index in [1.165, 1.54) is 4.90 Å². The molecule has 2 aromatic carbocycles. The molecule has 166 valence electrons. The van der Waals surface area contributed by atoms with Gasteiger partial charge < -0.3 is 19.3 Å². The lowest BCUT2D eigenvalue weighted by Gasteiger charge is -2.30. The highest BCUT2D eigenvalue weighted by Crippen LogP contribution is 2.35. The summed E-state index contributed by atoms with van der Waals surface area (Å²) in [6.07, 6.45) is 3.38. The van der Waals surface area contributed by atoms with Crippen LogP contribution in [-0.2, 0) is 14.3 Å². The number of hydrogen-bond acceptors (Lipinski definition) is 5. The van der Waals surface area contributed by atoms with Crippen LogP contribution in [0.4, 0.5) is 16.2 Å². The Kier molecular flexibility index (Phi) is 8.29. The lowest BCUT2D eigenvalue weighted by molar-refractivity contribution is -0.142. The molecule has 2 unspecified atom stereocenters. The van der Waals surface area contributed by atoms with E-state index in [4.69, 9.17) is 19.3 Å². The van der Waals surface area contributed by atoms with E-state index >= 15 is 0 Å². The van der Waals surface area contributed by atoms with Gasteiger partial charge in [0.05, 0.1) is 31.7 Å². The van der Waals surface area contributed by atoms with Crippen molar-refractivity contribution in [2.75, 3.05) is 31.8 Å².